The van der Waals surface area contributed by atoms with E-state index in [1.165, 1.54) is 0 Å². The average Bonchev–Trinajstić information content (AvgIpc) is 2.45. The predicted octanol–water partition coefficient (Wildman–Crippen LogP) is 1.11. The zero-order valence-electron chi connectivity index (χ0n) is 11.5. The van der Waals surface area contributed by atoms with Crippen LogP contribution < -0.4 is 4.90 Å². The van der Waals surface area contributed by atoms with Crippen LogP contribution in [0.15, 0.2) is 18.3 Å². The monoisotopic (exact) mass is 260 g/mol. The molecule has 1 atom stereocenters. The third kappa shape index (κ3) is 3.66. The van der Waals surface area contributed by atoms with Crippen molar-refractivity contribution in [2.24, 2.45) is 0 Å². The minimum Gasteiger partial charge on any atom is -0.374 e. The normalized spacial score (nSPS) is 19.5. The Balaban J connectivity index is 2.03. The summed E-state index contributed by atoms with van der Waals surface area (Å²) in [5, 5.41) is 9.14. The molecule has 0 bridgehead atoms. The van der Waals surface area contributed by atoms with Gasteiger partial charge in [-0.3, -0.25) is 0 Å². The maximum atomic E-state index is 9.14. The summed E-state index contributed by atoms with van der Waals surface area (Å²) in [7, 11) is 4.13. The Morgan fingerprint density at radius 3 is 3.16 bits per heavy atom. The molecule has 1 saturated heterocycles. The number of anilines is 1. The number of morpholine rings is 1. The van der Waals surface area contributed by atoms with Gasteiger partial charge in [-0.1, -0.05) is 0 Å². The lowest BCUT2D eigenvalue weighted by molar-refractivity contribution is 0.0309. The van der Waals surface area contributed by atoms with Crippen molar-refractivity contribution in [1.29, 1.82) is 5.26 Å². The van der Waals surface area contributed by atoms with E-state index in [1.807, 2.05) is 6.07 Å². The van der Waals surface area contributed by atoms with Crippen LogP contribution in [-0.2, 0) is 4.74 Å². The highest BCUT2D eigenvalue weighted by atomic mass is 16.5. The van der Waals surface area contributed by atoms with Crippen LogP contribution in [-0.4, -0.2) is 56.3 Å². The SMILES string of the molecule is CN(C)CC[C@@H]1CN(c2ncccc2C#N)CCO1. The van der Waals surface area contributed by atoms with Gasteiger partial charge in [0.15, 0.2) is 0 Å². The van der Waals surface area contributed by atoms with Crippen molar-refractivity contribution in [1.82, 2.24) is 9.88 Å². The summed E-state index contributed by atoms with van der Waals surface area (Å²) in [6.45, 7) is 3.30. The molecular formula is C14H20N4O. The number of pyridine rings is 1. The topological polar surface area (TPSA) is 52.4 Å². The second-order valence-electron chi connectivity index (χ2n) is 5.02. The molecule has 0 radical (unpaired) electrons. The fraction of sp³-hybridized carbons (Fsp3) is 0.571. The molecule has 2 rings (SSSR count). The van der Waals surface area contributed by atoms with Gasteiger partial charge in [-0.05, 0) is 32.6 Å². The lowest BCUT2D eigenvalue weighted by atomic mass is 10.1. The van der Waals surface area contributed by atoms with Crippen LogP contribution >= 0.6 is 0 Å². The van der Waals surface area contributed by atoms with Crippen LogP contribution in [0.1, 0.15) is 12.0 Å². The van der Waals surface area contributed by atoms with Gasteiger partial charge in [0.05, 0.1) is 18.3 Å². The maximum Gasteiger partial charge on any atom is 0.146 e. The van der Waals surface area contributed by atoms with Crippen molar-refractivity contribution in [3.63, 3.8) is 0 Å². The lowest BCUT2D eigenvalue weighted by Gasteiger charge is -2.34. The Labute approximate surface area is 114 Å². The van der Waals surface area contributed by atoms with Gasteiger partial charge in [-0.2, -0.15) is 5.26 Å². The quantitative estimate of drug-likeness (QED) is 0.811. The molecule has 0 unspecified atom stereocenters. The fourth-order valence-corrected chi connectivity index (χ4v) is 2.22. The van der Waals surface area contributed by atoms with Crippen molar-refractivity contribution in [3.8, 4) is 6.07 Å². The minimum absolute atomic E-state index is 0.213. The highest BCUT2D eigenvalue weighted by Crippen LogP contribution is 2.20. The number of ether oxygens (including phenoxy) is 1. The van der Waals surface area contributed by atoms with Gasteiger partial charge in [0, 0.05) is 25.8 Å². The molecule has 0 amide bonds. The van der Waals surface area contributed by atoms with E-state index in [1.54, 1.807) is 12.3 Å². The Bertz CT molecular complexity index is 455. The third-order valence-electron chi connectivity index (χ3n) is 3.24. The molecule has 0 spiro atoms. The summed E-state index contributed by atoms with van der Waals surface area (Å²) in [6, 6.07) is 5.81. The molecule has 1 fully saturated rings. The zero-order chi connectivity index (χ0) is 13.7. The van der Waals surface area contributed by atoms with Crippen molar-refractivity contribution in [3.05, 3.63) is 23.9 Å². The van der Waals surface area contributed by atoms with Gasteiger partial charge in [0.25, 0.3) is 0 Å². The third-order valence-corrected chi connectivity index (χ3v) is 3.24. The fourth-order valence-electron chi connectivity index (χ4n) is 2.22. The molecule has 1 aliphatic heterocycles. The first-order valence-electron chi connectivity index (χ1n) is 6.57. The number of hydrogen-bond acceptors (Lipinski definition) is 5. The van der Waals surface area contributed by atoms with E-state index in [0.29, 0.717) is 12.2 Å². The molecule has 102 valence electrons. The van der Waals surface area contributed by atoms with E-state index < -0.39 is 0 Å². The molecule has 1 aliphatic rings. The van der Waals surface area contributed by atoms with Gasteiger partial charge in [-0.25, -0.2) is 4.98 Å². The molecular weight excluding hydrogens is 240 g/mol. The van der Waals surface area contributed by atoms with Crippen molar-refractivity contribution in [2.75, 3.05) is 45.2 Å². The first-order chi connectivity index (χ1) is 9.20. The molecule has 0 aliphatic carbocycles. The van der Waals surface area contributed by atoms with Gasteiger partial charge in [-0.15, -0.1) is 0 Å². The smallest absolute Gasteiger partial charge is 0.146 e. The summed E-state index contributed by atoms with van der Waals surface area (Å²) in [6.07, 6.45) is 2.95. The molecule has 5 nitrogen and oxygen atoms in total. The molecule has 1 aromatic rings. The van der Waals surface area contributed by atoms with Crippen LogP contribution in [0.5, 0.6) is 0 Å². The van der Waals surface area contributed by atoms with Crippen LogP contribution in [0, 0.1) is 11.3 Å². The Morgan fingerprint density at radius 1 is 1.58 bits per heavy atom. The van der Waals surface area contributed by atoms with E-state index in [0.717, 1.165) is 31.9 Å². The van der Waals surface area contributed by atoms with E-state index in [9.17, 15) is 0 Å². The largest absolute Gasteiger partial charge is 0.374 e. The Kier molecular flexibility index (Phi) is 4.72. The maximum absolute atomic E-state index is 9.14. The van der Waals surface area contributed by atoms with Crippen LogP contribution in [0.25, 0.3) is 0 Å². The second-order valence-corrected chi connectivity index (χ2v) is 5.02. The van der Waals surface area contributed by atoms with Crippen LogP contribution in [0.3, 0.4) is 0 Å². The number of rotatable bonds is 4. The highest BCUT2D eigenvalue weighted by Gasteiger charge is 2.23. The first-order valence-corrected chi connectivity index (χ1v) is 6.57. The standard InChI is InChI=1S/C14H20N4O/c1-17(2)7-5-13-11-18(8-9-19-13)14-12(10-15)4-3-6-16-14/h3-4,6,13H,5,7-9,11H2,1-2H3/t13-/m1/s1. The van der Waals surface area contributed by atoms with E-state index >= 15 is 0 Å². The Morgan fingerprint density at radius 2 is 2.42 bits per heavy atom. The highest BCUT2D eigenvalue weighted by molar-refractivity contribution is 5.53. The summed E-state index contributed by atoms with van der Waals surface area (Å²) >= 11 is 0. The number of hydrogen-bond donors (Lipinski definition) is 0. The van der Waals surface area contributed by atoms with E-state index in [2.05, 4.69) is 34.9 Å². The van der Waals surface area contributed by atoms with Crippen molar-refractivity contribution < 1.29 is 4.74 Å². The van der Waals surface area contributed by atoms with Crippen LogP contribution in [0.2, 0.25) is 0 Å². The van der Waals surface area contributed by atoms with Gasteiger partial charge >= 0.3 is 0 Å². The summed E-state index contributed by atoms with van der Waals surface area (Å²) in [5.41, 5.74) is 0.635. The molecule has 0 aromatic carbocycles. The van der Waals surface area contributed by atoms with Gasteiger partial charge in [0.1, 0.15) is 11.9 Å². The molecule has 2 heterocycles. The molecule has 5 heteroatoms. The Hall–Kier alpha value is -1.64. The van der Waals surface area contributed by atoms with E-state index in [-0.39, 0.29) is 6.10 Å². The number of nitriles is 1. The zero-order valence-corrected chi connectivity index (χ0v) is 11.5. The molecule has 0 saturated carbocycles. The first kappa shape index (κ1) is 13.8. The predicted molar refractivity (Wildman–Crippen MR) is 74.1 cm³/mol. The number of aromatic nitrogens is 1. The van der Waals surface area contributed by atoms with Crippen molar-refractivity contribution in [2.45, 2.75) is 12.5 Å². The lowest BCUT2D eigenvalue weighted by Crippen LogP contribution is -2.44. The van der Waals surface area contributed by atoms with E-state index in [4.69, 9.17) is 10.00 Å². The van der Waals surface area contributed by atoms with Crippen LogP contribution in [0.4, 0.5) is 5.82 Å². The average molecular weight is 260 g/mol. The summed E-state index contributed by atoms with van der Waals surface area (Å²) in [5.74, 6) is 0.781. The second kappa shape index (κ2) is 6.50. The van der Waals surface area contributed by atoms with Crippen molar-refractivity contribution >= 4 is 5.82 Å². The summed E-state index contributed by atoms with van der Waals surface area (Å²) < 4.78 is 5.77. The molecule has 0 N–H and O–H groups in total. The summed E-state index contributed by atoms with van der Waals surface area (Å²) in [4.78, 5) is 8.65. The minimum atomic E-state index is 0.213. The molecule has 1 aromatic heterocycles. The van der Waals surface area contributed by atoms with Gasteiger partial charge in [0.2, 0.25) is 0 Å². The molecule has 19 heavy (non-hydrogen) atoms. The number of nitrogens with zero attached hydrogens (tertiary/aromatic N) is 4. The van der Waals surface area contributed by atoms with Gasteiger partial charge < -0.3 is 14.5 Å².